The number of hydrogen-bond donors (Lipinski definition) is 1. The number of thiazole rings is 1. The van der Waals surface area contributed by atoms with Crippen LogP contribution >= 0.6 is 11.3 Å². The molecular formula is C10H15F3N2OS. The van der Waals surface area contributed by atoms with Crippen LogP contribution < -0.4 is 5.32 Å². The van der Waals surface area contributed by atoms with Crippen LogP contribution in [-0.2, 0) is 17.9 Å². The third kappa shape index (κ3) is 6.60. The van der Waals surface area contributed by atoms with Gasteiger partial charge < -0.3 is 10.1 Å². The molecule has 17 heavy (non-hydrogen) atoms. The zero-order chi connectivity index (χ0) is 12.7. The second-order valence-corrected chi connectivity index (χ2v) is 4.37. The first-order chi connectivity index (χ1) is 8.01. The molecule has 0 amide bonds. The number of rotatable bonds is 7. The van der Waals surface area contributed by atoms with Crippen LogP contribution in [-0.4, -0.2) is 24.3 Å². The van der Waals surface area contributed by atoms with E-state index in [0.29, 0.717) is 12.2 Å². The van der Waals surface area contributed by atoms with E-state index in [4.69, 9.17) is 4.74 Å². The standard InChI is InChI=1S/C10H15F3N2OS/c1-2-14-5-9-15-8(7-17-9)6-16-4-3-10(11,12)13/h7,14H,2-6H2,1H3. The number of aromatic nitrogens is 1. The van der Waals surface area contributed by atoms with Crippen LogP contribution in [0.1, 0.15) is 24.0 Å². The smallest absolute Gasteiger partial charge is 0.375 e. The first-order valence-corrected chi connectivity index (χ1v) is 6.17. The Morgan fingerprint density at radius 1 is 1.47 bits per heavy atom. The van der Waals surface area contributed by atoms with Gasteiger partial charge in [0.15, 0.2) is 0 Å². The maximum atomic E-state index is 11.8. The molecule has 0 unspecified atom stereocenters. The highest BCUT2D eigenvalue weighted by Gasteiger charge is 2.26. The van der Waals surface area contributed by atoms with Crippen molar-refractivity contribution in [3.8, 4) is 0 Å². The summed E-state index contributed by atoms with van der Waals surface area (Å²) >= 11 is 1.48. The molecule has 0 aliphatic rings. The first kappa shape index (κ1) is 14.4. The van der Waals surface area contributed by atoms with E-state index >= 15 is 0 Å². The zero-order valence-corrected chi connectivity index (χ0v) is 10.3. The minimum atomic E-state index is -4.15. The lowest BCUT2D eigenvalue weighted by Crippen LogP contribution is -2.12. The van der Waals surface area contributed by atoms with Crippen molar-refractivity contribution in [2.24, 2.45) is 0 Å². The van der Waals surface area contributed by atoms with Crippen molar-refractivity contribution in [1.29, 1.82) is 0 Å². The lowest BCUT2D eigenvalue weighted by molar-refractivity contribution is -0.146. The molecule has 1 rings (SSSR count). The monoisotopic (exact) mass is 268 g/mol. The maximum absolute atomic E-state index is 11.8. The quantitative estimate of drug-likeness (QED) is 0.772. The highest BCUT2D eigenvalue weighted by molar-refractivity contribution is 7.09. The van der Waals surface area contributed by atoms with Gasteiger partial charge in [0.05, 0.1) is 25.3 Å². The Kier molecular flexibility index (Phi) is 5.87. The number of hydrogen-bond acceptors (Lipinski definition) is 4. The second-order valence-electron chi connectivity index (χ2n) is 3.43. The zero-order valence-electron chi connectivity index (χ0n) is 9.51. The molecule has 0 saturated heterocycles. The van der Waals surface area contributed by atoms with Crippen molar-refractivity contribution >= 4 is 11.3 Å². The summed E-state index contributed by atoms with van der Waals surface area (Å²) < 4.78 is 40.4. The highest BCUT2D eigenvalue weighted by atomic mass is 32.1. The first-order valence-electron chi connectivity index (χ1n) is 5.29. The Balaban J connectivity index is 2.21. The van der Waals surface area contributed by atoms with Gasteiger partial charge in [0, 0.05) is 11.9 Å². The fraction of sp³-hybridized carbons (Fsp3) is 0.700. The maximum Gasteiger partial charge on any atom is 0.391 e. The van der Waals surface area contributed by atoms with Gasteiger partial charge in [0.2, 0.25) is 0 Å². The van der Waals surface area contributed by atoms with Gasteiger partial charge in [-0.2, -0.15) is 13.2 Å². The minimum Gasteiger partial charge on any atom is -0.375 e. The van der Waals surface area contributed by atoms with Crippen molar-refractivity contribution in [2.75, 3.05) is 13.2 Å². The molecule has 0 spiro atoms. The van der Waals surface area contributed by atoms with Crippen LogP contribution in [0.25, 0.3) is 0 Å². The molecule has 0 bridgehead atoms. The van der Waals surface area contributed by atoms with Crippen LogP contribution in [0.3, 0.4) is 0 Å². The highest BCUT2D eigenvalue weighted by Crippen LogP contribution is 2.19. The van der Waals surface area contributed by atoms with Gasteiger partial charge in [0.25, 0.3) is 0 Å². The van der Waals surface area contributed by atoms with Gasteiger partial charge in [-0.05, 0) is 6.54 Å². The van der Waals surface area contributed by atoms with E-state index in [2.05, 4.69) is 10.3 Å². The summed E-state index contributed by atoms with van der Waals surface area (Å²) in [6, 6.07) is 0. The third-order valence-electron chi connectivity index (χ3n) is 1.91. The summed E-state index contributed by atoms with van der Waals surface area (Å²) in [5.74, 6) is 0. The summed E-state index contributed by atoms with van der Waals surface area (Å²) in [6.07, 6.45) is -5.07. The average molecular weight is 268 g/mol. The number of halogens is 3. The Hall–Kier alpha value is -0.660. The number of alkyl halides is 3. The van der Waals surface area contributed by atoms with Gasteiger partial charge in [-0.1, -0.05) is 6.92 Å². The lowest BCUT2D eigenvalue weighted by Gasteiger charge is -2.05. The van der Waals surface area contributed by atoms with E-state index in [1.807, 2.05) is 6.92 Å². The topological polar surface area (TPSA) is 34.2 Å². The SMILES string of the molecule is CCNCc1nc(COCCC(F)(F)F)cs1. The predicted octanol–water partition coefficient (Wildman–Crippen LogP) is 2.72. The van der Waals surface area contributed by atoms with Gasteiger partial charge in [-0.15, -0.1) is 11.3 Å². The van der Waals surface area contributed by atoms with E-state index in [1.54, 1.807) is 5.38 Å². The largest absolute Gasteiger partial charge is 0.391 e. The second kappa shape index (κ2) is 6.93. The van der Waals surface area contributed by atoms with Crippen molar-refractivity contribution < 1.29 is 17.9 Å². The number of nitrogens with zero attached hydrogens (tertiary/aromatic N) is 1. The van der Waals surface area contributed by atoms with Crippen molar-refractivity contribution in [3.63, 3.8) is 0 Å². The Morgan fingerprint density at radius 2 is 2.24 bits per heavy atom. The summed E-state index contributed by atoms with van der Waals surface area (Å²) in [4.78, 5) is 4.23. The normalized spacial score (nSPS) is 12.0. The summed E-state index contributed by atoms with van der Waals surface area (Å²) in [7, 11) is 0. The van der Waals surface area contributed by atoms with E-state index in [9.17, 15) is 13.2 Å². The van der Waals surface area contributed by atoms with Crippen molar-refractivity contribution in [1.82, 2.24) is 10.3 Å². The summed E-state index contributed by atoms with van der Waals surface area (Å²) in [5, 5.41) is 5.85. The van der Waals surface area contributed by atoms with Crippen LogP contribution in [0.2, 0.25) is 0 Å². The molecule has 0 saturated carbocycles. The Labute approximate surface area is 102 Å². The van der Waals surface area contributed by atoms with Crippen LogP contribution in [0.15, 0.2) is 5.38 Å². The molecule has 7 heteroatoms. The Morgan fingerprint density at radius 3 is 2.88 bits per heavy atom. The van der Waals surface area contributed by atoms with Gasteiger partial charge >= 0.3 is 6.18 Å². The molecule has 1 aromatic heterocycles. The molecule has 0 aromatic carbocycles. The molecular weight excluding hydrogens is 253 g/mol. The van der Waals surface area contributed by atoms with Crippen molar-refractivity contribution in [2.45, 2.75) is 32.7 Å². The predicted molar refractivity (Wildman–Crippen MR) is 59.8 cm³/mol. The summed E-state index contributed by atoms with van der Waals surface area (Å²) in [6.45, 7) is 3.36. The molecule has 0 atom stereocenters. The molecule has 1 aromatic rings. The molecule has 1 N–H and O–H groups in total. The fourth-order valence-corrected chi connectivity index (χ4v) is 1.84. The molecule has 0 aliphatic carbocycles. The Bertz CT molecular complexity index is 328. The van der Waals surface area contributed by atoms with Crippen LogP contribution in [0.4, 0.5) is 13.2 Å². The fourth-order valence-electron chi connectivity index (χ4n) is 1.09. The van der Waals surface area contributed by atoms with E-state index in [1.165, 1.54) is 11.3 Å². The molecule has 1 heterocycles. The van der Waals surface area contributed by atoms with Crippen LogP contribution in [0, 0.1) is 0 Å². The van der Waals surface area contributed by atoms with Gasteiger partial charge in [-0.25, -0.2) is 4.98 Å². The van der Waals surface area contributed by atoms with E-state index in [0.717, 1.165) is 11.6 Å². The van der Waals surface area contributed by atoms with Crippen LogP contribution in [0.5, 0.6) is 0 Å². The minimum absolute atomic E-state index is 0.138. The lowest BCUT2D eigenvalue weighted by atomic mass is 10.4. The molecule has 0 aliphatic heterocycles. The summed E-state index contributed by atoms with van der Waals surface area (Å²) in [5.41, 5.74) is 0.685. The number of ether oxygens (including phenoxy) is 1. The molecule has 98 valence electrons. The van der Waals surface area contributed by atoms with E-state index in [-0.39, 0.29) is 13.2 Å². The number of nitrogens with one attached hydrogen (secondary N) is 1. The van der Waals surface area contributed by atoms with Crippen molar-refractivity contribution in [3.05, 3.63) is 16.1 Å². The molecule has 0 fully saturated rings. The van der Waals surface area contributed by atoms with E-state index < -0.39 is 12.6 Å². The van der Waals surface area contributed by atoms with Gasteiger partial charge in [0.1, 0.15) is 5.01 Å². The van der Waals surface area contributed by atoms with Gasteiger partial charge in [-0.3, -0.25) is 0 Å². The third-order valence-corrected chi connectivity index (χ3v) is 2.80. The average Bonchev–Trinajstić information content (AvgIpc) is 2.68. The molecule has 0 radical (unpaired) electrons. The molecule has 3 nitrogen and oxygen atoms in total.